The van der Waals surface area contributed by atoms with Gasteiger partial charge in [-0.2, -0.15) is 5.26 Å². The molecule has 158 valence electrons. The fourth-order valence-electron chi connectivity index (χ4n) is 4.73. The topological polar surface area (TPSA) is 82.0 Å². The molecule has 2 fully saturated rings. The van der Waals surface area contributed by atoms with Gasteiger partial charge in [-0.25, -0.2) is 13.1 Å². The van der Waals surface area contributed by atoms with Crippen LogP contribution in [0, 0.1) is 30.1 Å². The van der Waals surface area contributed by atoms with Crippen molar-refractivity contribution in [2.24, 2.45) is 11.8 Å². The fourth-order valence-corrected chi connectivity index (χ4v) is 6.59. The molecule has 2 aliphatic rings. The van der Waals surface area contributed by atoms with Crippen LogP contribution in [0.1, 0.15) is 41.5 Å². The molecule has 0 spiro atoms. The van der Waals surface area contributed by atoms with Crippen LogP contribution in [0.3, 0.4) is 0 Å². The molecule has 0 aromatic heterocycles. The third kappa shape index (κ3) is 4.55. The predicted octanol–water partition coefficient (Wildman–Crippen LogP) is 3.78. The molecule has 2 aromatic carbocycles. The molecule has 1 saturated carbocycles. The van der Waals surface area contributed by atoms with Crippen LogP contribution >= 0.6 is 11.6 Å². The second-order valence-corrected chi connectivity index (χ2v) is 10.6. The van der Waals surface area contributed by atoms with Crippen molar-refractivity contribution in [2.75, 3.05) is 13.1 Å². The lowest BCUT2D eigenvalue weighted by Gasteiger charge is -2.40. The van der Waals surface area contributed by atoms with E-state index in [1.807, 2.05) is 25.1 Å². The average Bonchev–Trinajstić information content (AvgIpc) is 2.78. The smallest absolute Gasteiger partial charge is 0.241 e. The number of nitrogens with zero attached hydrogens (tertiary/aromatic N) is 1. The standard InChI is InChI=1S/C23H26ClN3O2S/c1-15-8-17(11-20(24)9-15)10-19-3-2-16(13-25)12-23(19)30(28,29)27-22-14-26-7-6-18-4-5-21(18)22/h2-3,8-9,11-12,18,21-22,26-27H,4-7,10,14H2,1H3/t18?,21-,22-/m1/s1. The van der Waals surface area contributed by atoms with Crippen LogP contribution < -0.4 is 10.0 Å². The second kappa shape index (κ2) is 8.68. The van der Waals surface area contributed by atoms with Gasteiger partial charge in [-0.15, -0.1) is 0 Å². The van der Waals surface area contributed by atoms with Gasteiger partial charge in [0.05, 0.1) is 16.5 Å². The Morgan fingerprint density at radius 2 is 2.03 bits per heavy atom. The number of benzene rings is 2. The van der Waals surface area contributed by atoms with E-state index in [9.17, 15) is 13.7 Å². The van der Waals surface area contributed by atoms with E-state index < -0.39 is 10.0 Å². The van der Waals surface area contributed by atoms with Crippen molar-refractivity contribution in [1.29, 1.82) is 5.26 Å². The number of rotatable bonds is 5. The lowest BCUT2D eigenvalue weighted by Crippen LogP contribution is -2.49. The molecule has 3 atom stereocenters. The zero-order valence-electron chi connectivity index (χ0n) is 17.0. The van der Waals surface area contributed by atoms with Gasteiger partial charge in [-0.3, -0.25) is 0 Å². The predicted molar refractivity (Wildman–Crippen MR) is 118 cm³/mol. The normalized spacial score (nSPS) is 23.7. The Labute approximate surface area is 183 Å². The van der Waals surface area contributed by atoms with Gasteiger partial charge in [-0.1, -0.05) is 23.7 Å². The van der Waals surface area contributed by atoms with E-state index in [2.05, 4.69) is 16.1 Å². The molecule has 4 rings (SSSR count). The largest absolute Gasteiger partial charge is 0.315 e. The van der Waals surface area contributed by atoms with Gasteiger partial charge < -0.3 is 5.32 Å². The number of fused-ring (bicyclic) bond motifs is 1. The van der Waals surface area contributed by atoms with Crippen LogP contribution in [-0.4, -0.2) is 27.5 Å². The molecule has 7 heteroatoms. The molecule has 0 bridgehead atoms. The molecular weight excluding hydrogens is 418 g/mol. The van der Waals surface area contributed by atoms with Crippen molar-refractivity contribution in [3.05, 3.63) is 63.7 Å². The highest BCUT2D eigenvalue weighted by atomic mass is 35.5. The summed E-state index contributed by atoms with van der Waals surface area (Å²) in [5.74, 6) is 0.972. The van der Waals surface area contributed by atoms with E-state index in [1.54, 1.807) is 12.1 Å². The van der Waals surface area contributed by atoms with Crippen LogP contribution in [0.4, 0.5) is 0 Å². The molecule has 0 amide bonds. The first-order valence-electron chi connectivity index (χ1n) is 10.4. The Morgan fingerprint density at radius 1 is 1.20 bits per heavy atom. The molecule has 1 heterocycles. The van der Waals surface area contributed by atoms with Crippen LogP contribution in [0.25, 0.3) is 0 Å². The Hall–Kier alpha value is -1.91. The number of sulfonamides is 1. The van der Waals surface area contributed by atoms with Crippen molar-refractivity contribution in [2.45, 2.75) is 43.5 Å². The summed E-state index contributed by atoms with van der Waals surface area (Å²) >= 11 is 6.19. The van der Waals surface area contributed by atoms with E-state index in [0.717, 1.165) is 30.5 Å². The van der Waals surface area contributed by atoms with E-state index in [1.165, 1.54) is 12.5 Å². The van der Waals surface area contributed by atoms with Crippen LogP contribution in [-0.2, 0) is 16.4 Å². The zero-order chi connectivity index (χ0) is 21.3. The van der Waals surface area contributed by atoms with Gasteiger partial charge >= 0.3 is 0 Å². The maximum Gasteiger partial charge on any atom is 0.241 e. The highest BCUT2D eigenvalue weighted by Gasteiger charge is 2.40. The van der Waals surface area contributed by atoms with E-state index in [4.69, 9.17) is 11.6 Å². The first-order valence-corrected chi connectivity index (χ1v) is 12.2. The number of halogens is 1. The summed E-state index contributed by atoms with van der Waals surface area (Å²) in [6, 6.07) is 12.6. The molecular formula is C23H26ClN3O2S. The minimum atomic E-state index is -3.78. The van der Waals surface area contributed by atoms with Gasteiger partial charge in [0.1, 0.15) is 0 Å². The molecule has 5 nitrogen and oxygen atoms in total. The van der Waals surface area contributed by atoms with Crippen molar-refractivity contribution >= 4 is 21.6 Å². The summed E-state index contributed by atoms with van der Waals surface area (Å²) in [4.78, 5) is 0.180. The summed E-state index contributed by atoms with van der Waals surface area (Å²) in [5.41, 5.74) is 2.96. The maximum absolute atomic E-state index is 13.4. The summed E-state index contributed by atoms with van der Waals surface area (Å²) in [7, 11) is -3.78. The van der Waals surface area contributed by atoms with E-state index in [-0.39, 0.29) is 10.9 Å². The Balaban J connectivity index is 1.66. The monoisotopic (exact) mass is 443 g/mol. The fraction of sp³-hybridized carbons (Fsp3) is 0.435. The lowest BCUT2D eigenvalue weighted by molar-refractivity contribution is 0.144. The van der Waals surface area contributed by atoms with Crippen LogP contribution in [0.2, 0.25) is 5.02 Å². The summed E-state index contributed by atoms with van der Waals surface area (Å²) in [5, 5.41) is 13.3. The molecule has 30 heavy (non-hydrogen) atoms. The van der Waals surface area contributed by atoms with Crippen LogP contribution in [0.5, 0.6) is 0 Å². The maximum atomic E-state index is 13.4. The third-order valence-electron chi connectivity index (χ3n) is 6.34. The molecule has 2 N–H and O–H groups in total. The van der Waals surface area contributed by atoms with Crippen molar-refractivity contribution < 1.29 is 8.42 Å². The molecule has 2 aromatic rings. The van der Waals surface area contributed by atoms with Crippen molar-refractivity contribution in [1.82, 2.24) is 10.0 Å². The average molecular weight is 444 g/mol. The molecule has 0 radical (unpaired) electrons. The minimum absolute atomic E-state index is 0.122. The summed E-state index contributed by atoms with van der Waals surface area (Å²) in [6.45, 7) is 3.53. The quantitative estimate of drug-likeness (QED) is 0.736. The Kier molecular flexibility index (Phi) is 6.17. The first-order chi connectivity index (χ1) is 14.4. The number of nitrogens with one attached hydrogen (secondary N) is 2. The Bertz CT molecular complexity index is 1070. The zero-order valence-corrected chi connectivity index (χ0v) is 18.6. The number of aryl methyl sites for hydroxylation is 1. The van der Waals surface area contributed by atoms with Gasteiger partial charge in [0.2, 0.25) is 10.0 Å². The van der Waals surface area contributed by atoms with Gasteiger partial charge in [0, 0.05) is 17.6 Å². The van der Waals surface area contributed by atoms with Gasteiger partial charge in [0.15, 0.2) is 0 Å². The SMILES string of the molecule is Cc1cc(Cl)cc(Cc2ccc(C#N)cc2S(=O)(=O)N[C@@H]2CNCCC3CC[C@H]32)c1. The highest BCUT2D eigenvalue weighted by Crippen LogP contribution is 2.40. The number of hydrogen-bond acceptors (Lipinski definition) is 4. The van der Waals surface area contributed by atoms with Gasteiger partial charge in [0.25, 0.3) is 0 Å². The number of nitriles is 1. The second-order valence-electron chi connectivity index (χ2n) is 8.47. The molecule has 1 saturated heterocycles. The molecule has 1 aliphatic heterocycles. The third-order valence-corrected chi connectivity index (χ3v) is 8.13. The Morgan fingerprint density at radius 3 is 2.73 bits per heavy atom. The highest BCUT2D eigenvalue weighted by molar-refractivity contribution is 7.89. The summed E-state index contributed by atoms with van der Waals surface area (Å²) in [6.07, 6.45) is 3.77. The van der Waals surface area contributed by atoms with Crippen molar-refractivity contribution in [3.63, 3.8) is 0 Å². The van der Waals surface area contributed by atoms with Crippen molar-refractivity contribution in [3.8, 4) is 6.07 Å². The van der Waals surface area contributed by atoms with Crippen LogP contribution in [0.15, 0.2) is 41.3 Å². The molecule has 1 aliphatic carbocycles. The van der Waals surface area contributed by atoms with E-state index >= 15 is 0 Å². The minimum Gasteiger partial charge on any atom is -0.315 e. The number of hydrogen-bond donors (Lipinski definition) is 2. The molecule has 1 unspecified atom stereocenters. The van der Waals surface area contributed by atoms with Gasteiger partial charge in [-0.05, 0) is 91.9 Å². The first kappa shape index (κ1) is 21.3. The lowest BCUT2D eigenvalue weighted by atomic mass is 9.69. The van der Waals surface area contributed by atoms with E-state index in [0.29, 0.717) is 41.0 Å². The summed E-state index contributed by atoms with van der Waals surface area (Å²) < 4.78 is 29.8.